The molecule has 0 fully saturated rings. The van der Waals surface area contributed by atoms with Crippen molar-refractivity contribution in [3.63, 3.8) is 0 Å². The fourth-order valence-electron chi connectivity index (χ4n) is 0.804. The van der Waals surface area contributed by atoms with E-state index in [0.29, 0.717) is 12.1 Å². The fraction of sp³-hybridized carbons (Fsp3) is 0.444. The average molecular weight is 182 g/mol. The first-order valence-electron chi connectivity index (χ1n) is 4.08. The van der Waals surface area contributed by atoms with E-state index in [1.807, 2.05) is 13.8 Å². The smallest absolute Gasteiger partial charge is 0.254 e. The van der Waals surface area contributed by atoms with Crippen LogP contribution in [0.15, 0.2) is 23.0 Å². The largest absolute Gasteiger partial charge is 0.472 e. The lowest BCUT2D eigenvalue weighted by molar-refractivity contribution is 0.0945. The second-order valence-electron chi connectivity index (χ2n) is 3.68. The second-order valence-corrected chi connectivity index (χ2v) is 3.68. The van der Waals surface area contributed by atoms with Crippen molar-refractivity contribution < 1.29 is 9.21 Å². The van der Waals surface area contributed by atoms with Gasteiger partial charge in [-0.05, 0) is 19.9 Å². The highest BCUT2D eigenvalue weighted by Crippen LogP contribution is 2.00. The van der Waals surface area contributed by atoms with Crippen molar-refractivity contribution in [2.75, 3.05) is 6.54 Å². The Balaban J connectivity index is 2.44. The Morgan fingerprint density at radius 2 is 2.38 bits per heavy atom. The third kappa shape index (κ3) is 3.29. The number of nitrogens with two attached hydrogens (primary N) is 1. The minimum Gasteiger partial charge on any atom is -0.472 e. The molecule has 4 nitrogen and oxygen atoms in total. The van der Waals surface area contributed by atoms with Gasteiger partial charge in [-0.2, -0.15) is 0 Å². The van der Waals surface area contributed by atoms with Crippen LogP contribution in [0.1, 0.15) is 24.2 Å². The Kier molecular flexibility index (Phi) is 2.72. The summed E-state index contributed by atoms with van der Waals surface area (Å²) in [5.74, 6) is -0.160. The van der Waals surface area contributed by atoms with Gasteiger partial charge in [0.1, 0.15) is 6.26 Å². The Morgan fingerprint density at radius 1 is 1.69 bits per heavy atom. The minimum atomic E-state index is -0.389. The summed E-state index contributed by atoms with van der Waals surface area (Å²) in [6.07, 6.45) is 2.86. The van der Waals surface area contributed by atoms with Gasteiger partial charge in [0.25, 0.3) is 5.91 Å². The lowest BCUT2D eigenvalue weighted by Gasteiger charge is -2.18. The molecule has 0 aliphatic heterocycles. The van der Waals surface area contributed by atoms with E-state index in [1.54, 1.807) is 6.07 Å². The monoisotopic (exact) mass is 182 g/mol. The molecule has 1 aromatic heterocycles. The van der Waals surface area contributed by atoms with E-state index < -0.39 is 0 Å². The van der Waals surface area contributed by atoms with Crippen LogP contribution in [0.25, 0.3) is 0 Å². The van der Waals surface area contributed by atoms with E-state index in [0.717, 1.165) is 0 Å². The highest BCUT2D eigenvalue weighted by Gasteiger charge is 2.13. The Bertz CT molecular complexity index is 272. The molecule has 0 radical (unpaired) electrons. The summed E-state index contributed by atoms with van der Waals surface area (Å²) in [6, 6.07) is 1.61. The number of amides is 1. The zero-order valence-electron chi connectivity index (χ0n) is 7.83. The predicted octanol–water partition coefficient (Wildman–Crippen LogP) is 0.747. The van der Waals surface area contributed by atoms with Gasteiger partial charge < -0.3 is 15.5 Å². The summed E-state index contributed by atoms with van der Waals surface area (Å²) in [5, 5.41) is 2.70. The highest BCUT2D eigenvalue weighted by atomic mass is 16.3. The molecule has 4 heteroatoms. The zero-order valence-corrected chi connectivity index (χ0v) is 7.83. The molecule has 0 aliphatic rings. The van der Waals surface area contributed by atoms with Crippen molar-refractivity contribution >= 4 is 5.91 Å². The third-order valence-electron chi connectivity index (χ3n) is 1.49. The van der Waals surface area contributed by atoms with Gasteiger partial charge in [-0.3, -0.25) is 4.79 Å². The first kappa shape index (κ1) is 9.80. The lowest BCUT2D eigenvalue weighted by Crippen LogP contribution is -2.45. The molecule has 0 aromatic carbocycles. The molecule has 1 rings (SSSR count). The molecule has 0 bridgehead atoms. The van der Waals surface area contributed by atoms with E-state index in [2.05, 4.69) is 5.32 Å². The van der Waals surface area contributed by atoms with E-state index in [4.69, 9.17) is 10.2 Å². The normalized spacial score (nSPS) is 11.3. The van der Waals surface area contributed by atoms with Gasteiger partial charge in [0.2, 0.25) is 0 Å². The fourth-order valence-corrected chi connectivity index (χ4v) is 0.804. The van der Waals surface area contributed by atoms with Crippen molar-refractivity contribution in [2.45, 2.75) is 19.4 Å². The molecule has 3 N–H and O–H groups in total. The Labute approximate surface area is 77.1 Å². The molecular formula is C9H14N2O2. The van der Waals surface area contributed by atoms with Crippen LogP contribution < -0.4 is 11.1 Å². The van der Waals surface area contributed by atoms with Crippen LogP contribution in [0.4, 0.5) is 0 Å². The summed E-state index contributed by atoms with van der Waals surface area (Å²) >= 11 is 0. The minimum absolute atomic E-state index is 0.160. The van der Waals surface area contributed by atoms with Gasteiger partial charge in [-0.25, -0.2) is 0 Å². The standard InChI is InChI=1S/C9H14N2O2/c1-9(2,10)6-11-8(12)7-3-4-13-5-7/h3-5H,6,10H2,1-2H3,(H,11,12). The third-order valence-corrected chi connectivity index (χ3v) is 1.49. The van der Waals surface area contributed by atoms with Crippen molar-refractivity contribution in [1.82, 2.24) is 5.32 Å². The number of carbonyl (C=O) groups excluding carboxylic acids is 1. The van der Waals surface area contributed by atoms with Crippen LogP contribution in [-0.4, -0.2) is 18.0 Å². The average Bonchev–Trinajstić information content (AvgIpc) is 2.50. The van der Waals surface area contributed by atoms with Gasteiger partial charge >= 0.3 is 0 Å². The van der Waals surface area contributed by atoms with Gasteiger partial charge in [-0.15, -0.1) is 0 Å². The number of nitrogens with one attached hydrogen (secondary N) is 1. The quantitative estimate of drug-likeness (QED) is 0.724. The maximum Gasteiger partial charge on any atom is 0.254 e. The SMILES string of the molecule is CC(C)(N)CNC(=O)c1ccoc1. The van der Waals surface area contributed by atoms with E-state index in [1.165, 1.54) is 12.5 Å². The highest BCUT2D eigenvalue weighted by molar-refractivity contribution is 5.93. The van der Waals surface area contributed by atoms with E-state index in [-0.39, 0.29) is 11.4 Å². The molecule has 1 heterocycles. The molecule has 1 amide bonds. The van der Waals surface area contributed by atoms with Gasteiger partial charge in [0.05, 0.1) is 11.8 Å². The van der Waals surface area contributed by atoms with E-state index >= 15 is 0 Å². The molecular weight excluding hydrogens is 168 g/mol. The first-order valence-corrected chi connectivity index (χ1v) is 4.08. The van der Waals surface area contributed by atoms with Crippen LogP contribution in [0.2, 0.25) is 0 Å². The number of furan rings is 1. The second kappa shape index (κ2) is 3.62. The summed E-state index contributed by atoms with van der Waals surface area (Å²) < 4.78 is 4.78. The van der Waals surface area contributed by atoms with Gasteiger partial charge in [0, 0.05) is 12.1 Å². The van der Waals surface area contributed by atoms with Crippen molar-refractivity contribution in [3.8, 4) is 0 Å². The molecule has 0 aliphatic carbocycles. The van der Waals surface area contributed by atoms with Crippen LogP contribution in [0, 0.1) is 0 Å². The number of hydrogen-bond acceptors (Lipinski definition) is 3. The Morgan fingerprint density at radius 3 is 2.85 bits per heavy atom. The molecule has 72 valence electrons. The van der Waals surface area contributed by atoms with Crippen LogP contribution in [0.5, 0.6) is 0 Å². The number of rotatable bonds is 3. The van der Waals surface area contributed by atoms with Crippen molar-refractivity contribution in [1.29, 1.82) is 0 Å². The molecule has 0 spiro atoms. The zero-order chi connectivity index (χ0) is 9.90. The molecule has 0 atom stereocenters. The predicted molar refractivity (Wildman–Crippen MR) is 49.3 cm³/mol. The maximum absolute atomic E-state index is 11.3. The maximum atomic E-state index is 11.3. The summed E-state index contributed by atoms with van der Waals surface area (Å²) in [6.45, 7) is 4.14. The van der Waals surface area contributed by atoms with Gasteiger partial charge in [0.15, 0.2) is 0 Å². The van der Waals surface area contributed by atoms with E-state index in [9.17, 15) is 4.79 Å². The Hall–Kier alpha value is -1.29. The molecule has 0 unspecified atom stereocenters. The van der Waals surface area contributed by atoms with Crippen LogP contribution in [0.3, 0.4) is 0 Å². The van der Waals surface area contributed by atoms with Crippen molar-refractivity contribution in [2.24, 2.45) is 5.73 Å². The summed E-state index contributed by atoms with van der Waals surface area (Å²) in [5.41, 5.74) is 5.83. The van der Waals surface area contributed by atoms with Gasteiger partial charge in [-0.1, -0.05) is 0 Å². The van der Waals surface area contributed by atoms with Crippen LogP contribution >= 0.6 is 0 Å². The first-order chi connectivity index (χ1) is 5.99. The lowest BCUT2D eigenvalue weighted by atomic mass is 10.1. The molecule has 0 saturated heterocycles. The number of carbonyl (C=O) groups is 1. The van der Waals surface area contributed by atoms with Crippen LogP contribution in [-0.2, 0) is 0 Å². The molecule has 0 saturated carbocycles. The topological polar surface area (TPSA) is 68.3 Å². The number of hydrogen-bond donors (Lipinski definition) is 2. The summed E-state index contributed by atoms with van der Waals surface area (Å²) in [7, 11) is 0. The summed E-state index contributed by atoms with van der Waals surface area (Å²) in [4.78, 5) is 11.3. The molecule has 1 aromatic rings. The molecule has 13 heavy (non-hydrogen) atoms. The van der Waals surface area contributed by atoms with Crippen molar-refractivity contribution in [3.05, 3.63) is 24.2 Å².